The third kappa shape index (κ3) is 2.45. The number of nitrogens with two attached hydrogens (primary N) is 1. The third-order valence-corrected chi connectivity index (χ3v) is 6.32. The van der Waals surface area contributed by atoms with Crippen molar-refractivity contribution in [2.24, 2.45) is 0 Å². The van der Waals surface area contributed by atoms with E-state index < -0.39 is 5.82 Å². The molecule has 1 aliphatic rings. The van der Waals surface area contributed by atoms with Gasteiger partial charge in [-0.15, -0.1) is 11.8 Å². The van der Waals surface area contributed by atoms with E-state index in [9.17, 15) is 9.18 Å². The van der Waals surface area contributed by atoms with Crippen molar-refractivity contribution in [3.05, 3.63) is 65.9 Å². The number of aromatic nitrogens is 3. The van der Waals surface area contributed by atoms with Gasteiger partial charge in [0.1, 0.15) is 17.2 Å². The molecule has 5 rings (SSSR count). The number of nitrogens with zero attached hydrogens (tertiary/aromatic N) is 4. The largest absolute Gasteiger partial charge is 0.382 e. The zero-order valence-corrected chi connectivity index (χ0v) is 15.8. The number of imidazole rings is 1. The SMILES string of the molecule is CN(C(=O)c1cc2c(cc1F)nc(N)c1cncn12)C1CSc2ccccc21. The Labute approximate surface area is 164 Å². The highest BCUT2D eigenvalue weighted by Gasteiger charge is 2.30. The first-order valence-corrected chi connectivity index (χ1v) is 9.73. The number of carbonyl (C=O) groups excluding carboxylic acids is 1. The van der Waals surface area contributed by atoms with Gasteiger partial charge < -0.3 is 10.6 Å². The summed E-state index contributed by atoms with van der Waals surface area (Å²) in [5.41, 5.74) is 8.60. The number of hydrogen-bond acceptors (Lipinski definition) is 5. The molecule has 0 spiro atoms. The van der Waals surface area contributed by atoms with Crippen molar-refractivity contribution >= 4 is 40.0 Å². The summed E-state index contributed by atoms with van der Waals surface area (Å²) in [5, 5.41) is 0. The number of anilines is 1. The van der Waals surface area contributed by atoms with Crippen LogP contribution in [0.3, 0.4) is 0 Å². The number of thioether (sulfide) groups is 1. The summed E-state index contributed by atoms with van der Waals surface area (Å²) in [6.45, 7) is 0. The van der Waals surface area contributed by atoms with E-state index in [1.807, 2.05) is 24.3 Å². The minimum absolute atomic E-state index is 0.00551. The second-order valence-corrected chi connectivity index (χ2v) is 7.81. The number of rotatable bonds is 2. The molecule has 0 bridgehead atoms. The molecule has 0 fully saturated rings. The molecule has 2 aromatic carbocycles. The molecular formula is C20H16FN5OS. The van der Waals surface area contributed by atoms with Gasteiger partial charge in [0.2, 0.25) is 0 Å². The fraction of sp³-hybridized carbons (Fsp3) is 0.150. The van der Waals surface area contributed by atoms with Crippen LogP contribution in [0.2, 0.25) is 0 Å². The van der Waals surface area contributed by atoms with Gasteiger partial charge >= 0.3 is 0 Å². The van der Waals surface area contributed by atoms with Gasteiger partial charge in [-0.3, -0.25) is 9.20 Å². The van der Waals surface area contributed by atoms with Gasteiger partial charge in [0, 0.05) is 23.8 Å². The normalized spacial score (nSPS) is 15.9. The number of hydrogen-bond donors (Lipinski definition) is 1. The zero-order chi connectivity index (χ0) is 19.4. The number of fused-ring (bicyclic) bond motifs is 4. The molecule has 140 valence electrons. The minimum Gasteiger partial charge on any atom is -0.382 e. The summed E-state index contributed by atoms with van der Waals surface area (Å²) in [5.74, 6) is 0.0299. The third-order valence-electron chi connectivity index (χ3n) is 5.16. The molecular weight excluding hydrogens is 377 g/mol. The van der Waals surface area contributed by atoms with Crippen LogP contribution < -0.4 is 5.73 Å². The van der Waals surface area contributed by atoms with Gasteiger partial charge in [0.05, 0.1) is 35.2 Å². The Morgan fingerprint density at radius 3 is 3.00 bits per heavy atom. The number of carbonyl (C=O) groups is 1. The Balaban J connectivity index is 1.60. The van der Waals surface area contributed by atoms with Crippen molar-refractivity contribution in [2.75, 3.05) is 18.5 Å². The molecule has 1 atom stereocenters. The van der Waals surface area contributed by atoms with E-state index >= 15 is 0 Å². The Morgan fingerprint density at radius 2 is 2.14 bits per heavy atom. The number of halogens is 1. The van der Waals surface area contributed by atoms with Gasteiger partial charge in [-0.25, -0.2) is 14.4 Å². The molecule has 1 unspecified atom stereocenters. The molecule has 28 heavy (non-hydrogen) atoms. The average Bonchev–Trinajstić information content (AvgIpc) is 3.34. The highest BCUT2D eigenvalue weighted by atomic mass is 32.2. The minimum atomic E-state index is -0.616. The van der Waals surface area contributed by atoms with Crippen molar-refractivity contribution in [2.45, 2.75) is 10.9 Å². The molecule has 6 nitrogen and oxygen atoms in total. The lowest BCUT2D eigenvalue weighted by Crippen LogP contribution is -2.32. The Kier molecular flexibility index (Phi) is 3.77. The van der Waals surface area contributed by atoms with Crippen LogP contribution in [0.4, 0.5) is 10.2 Å². The van der Waals surface area contributed by atoms with E-state index in [2.05, 4.69) is 9.97 Å². The second-order valence-electron chi connectivity index (χ2n) is 6.75. The maximum absolute atomic E-state index is 14.8. The van der Waals surface area contributed by atoms with Crippen LogP contribution in [0.25, 0.3) is 16.6 Å². The van der Waals surface area contributed by atoms with Crippen LogP contribution in [0.1, 0.15) is 22.0 Å². The van der Waals surface area contributed by atoms with E-state index in [1.54, 1.807) is 40.6 Å². The smallest absolute Gasteiger partial charge is 0.257 e. The molecule has 0 saturated heterocycles. The topological polar surface area (TPSA) is 76.5 Å². The van der Waals surface area contributed by atoms with Gasteiger partial charge in [-0.05, 0) is 17.7 Å². The van der Waals surface area contributed by atoms with Gasteiger partial charge in [-0.1, -0.05) is 18.2 Å². The molecule has 4 aromatic rings. The maximum atomic E-state index is 14.8. The highest BCUT2D eigenvalue weighted by molar-refractivity contribution is 7.99. The molecule has 1 aliphatic heterocycles. The summed E-state index contributed by atoms with van der Waals surface area (Å²) in [7, 11) is 1.72. The zero-order valence-electron chi connectivity index (χ0n) is 15.0. The van der Waals surface area contributed by atoms with E-state index in [1.165, 1.54) is 12.1 Å². The number of benzene rings is 2. The number of nitrogen functional groups attached to an aromatic ring is 1. The molecule has 8 heteroatoms. The Morgan fingerprint density at radius 1 is 1.32 bits per heavy atom. The predicted molar refractivity (Wildman–Crippen MR) is 107 cm³/mol. The van der Waals surface area contributed by atoms with Crippen molar-refractivity contribution in [3.63, 3.8) is 0 Å². The first kappa shape index (κ1) is 17.0. The van der Waals surface area contributed by atoms with E-state index in [4.69, 9.17) is 5.73 Å². The quantitative estimate of drug-likeness (QED) is 0.564. The monoisotopic (exact) mass is 393 g/mol. The predicted octanol–water partition coefficient (Wildman–Crippen LogP) is 3.52. The maximum Gasteiger partial charge on any atom is 0.257 e. The average molecular weight is 393 g/mol. The van der Waals surface area contributed by atoms with Crippen LogP contribution in [-0.2, 0) is 0 Å². The lowest BCUT2D eigenvalue weighted by Gasteiger charge is -2.25. The van der Waals surface area contributed by atoms with E-state index in [-0.39, 0.29) is 23.3 Å². The molecule has 2 aromatic heterocycles. The molecule has 2 N–H and O–H groups in total. The molecule has 0 radical (unpaired) electrons. The van der Waals surface area contributed by atoms with Crippen molar-refractivity contribution in [3.8, 4) is 0 Å². The lowest BCUT2D eigenvalue weighted by atomic mass is 10.1. The second kappa shape index (κ2) is 6.20. The first-order chi connectivity index (χ1) is 13.5. The van der Waals surface area contributed by atoms with Gasteiger partial charge in [-0.2, -0.15) is 0 Å². The number of amides is 1. The Hall–Kier alpha value is -3.13. The fourth-order valence-corrected chi connectivity index (χ4v) is 4.95. The van der Waals surface area contributed by atoms with E-state index in [0.29, 0.717) is 16.6 Å². The van der Waals surface area contributed by atoms with Gasteiger partial charge in [0.25, 0.3) is 5.91 Å². The lowest BCUT2D eigenvalue weighted by molar-refractivity contribution is 0.0741. The summed E-state index contributed by atoms with van der Waals surface area (Å²) < 4.78 is 16.5. The fourth-order valence-electron chi connectivity index (χ4n) is 3.66. The van der Waals surface area contributed by atoms with Crippen LogP contribution in [0.15, 0.2) is 53.8 Å². The molecule has 0 saturated carbocycles. The van der Waals surface area contributed by atoms with E-state index in [0.717, 1.165) is 16.2 Å². The molecule has 1 amide bonds. The van der Waals surface area contributed by atoms with Crippen molar-refractivity contribution in [1.29, 1.82) is 0 Å². The van der Waals surface area contributed by atoms with Gasteiger partial charge in [0.15, 0.2) is 0 Å². The highest BCUT2D eigenvalue weighted by Crippen LogP contribution is 2.41. The molecule has 3 heterocycles. The van der Waals surface area contributed by atoms with Crippen LogP contribution in [0, 0.1) is 5.82 Å². The van der Waals surface area contributed by atoms with Crippen molar-refractivity contribution in [1.82, 2.24) is 19.3 Å². The van der Waals surface area contributed by atoms with Crippen molar-refractivity contribution < 1.29 is 9.18 Å². The van der Waals surface area contributed by atoms with Crippen LogP contribution in [0.5, 0.6) is 0 Å². The summed E-state index contributed by atoms with van der Waals surface area (Å²) in [6.07, 6.45) is 3.17. The molecule has 0 aliphatic carbocycles. The first-order valence-electron chi connectivity index (χ1n) is 8.74. The summed E-state index contributed by atoms with van der Waals surface area (Å²) >= 11 is 1.70. The standard InChI is InChI=1S/C20H16FN5OS/c1-25(17-9-28-18-5-3-2-4-11(17)18)20(27)12-6-15-14(7-13(12)21)24-19(22)16-8-23-10-26(15)16/h2-8,10,17H,9H2,1H3,(H2,22,24). The Bertz CT molecular complexity index is 1250. The van der Waals surface area contributed by atoms with Crippen LogP contribution in [-0.4, -0.2) is 38.0 Å². The van der Waals surface area contributed by atoms with Crippen LogP contribution >= 0.6 is 11.8 Å². The summed E-state index contributed by atoms with van der Waals surface area (Å²) in [4.78, 5) is 24.2. The summed E-state index contributed by atoms with van der Waals surface area (Å²) in [6, 6.07) is 10.7.